The SMILES string of the molecule is CC(C)C[C@H](NC(=O)OCc1ccccc1)C(=O)N[C@@H](C/C=C/c1ccccc1)C(=O)O. The molecule has 7 nitrogen and oxygen atoms in total. The van der Waals surface area contributed by atoms with Crippen LogP contribution < -0.4 is 10.6 Å². The number of hydrogen-bond donors (Lipinski definition) is 3. The highest BCUT2D eigenvalue weighted by Crippen LogP contribution is 2.09. The Balaban J connectivity index is 1.95. The van der Waals surface area contributed by atoms with Gasteiger partial charge in [0.05, 0.1) is 0 Å². The summed E-state index contributed by atoms with van der Waals surface area (Å²) in [5.41, 5.74) is 1.76. The molecule has 0 aliphatic heterocycles. The molecule has 0 saturated heterocycles. The Hall–Kier alpha value is -3.61. The highest BCUT2D eigenvalue weighted by molar-refractivity contribution is 5.89. The van der Waals surface area contributed by atoms with E-state index in [0.717, 1.165) is 11.1 Å². The lowest BCUT2D eigenvalue weighted by atomic mass is 10.0. The predicted octanol–water partition coefficient (Wildman–Crippen LogP) is 4.00. The molecule has 0 aromatic heterocycles. The summed E-state index contributed by atoms with van der Waals surface area (Å²) in [6.45, 7) is 3.90. The van der Waals surface area contributed by atoms with Gasteiger partial charge in [0.1, 0.15) is 18.7 Å². The Kier molecular flexibility index (Phi) is 9.97. The Morgan fingerprint density at radius 2 is 1.56 bits per heavy atom. The zero-order valence-electron chi connectivity index (χ0n) is 18.4. The van der Waals surface area contributed by atoms with E-state index in [0.29, 0.717) is 6.42 Å². The van der Waals surface area contributed by atoms with E-state index in [9.17, 15) is 19.5 Å². The maximum atomic E-state index is 12.8. The van der Waals surface area contributed by atoms with E-state index in [2.05, 4.69) is 10.6 Å². The molecule has 2 aromatic carbocycles. The molecule has 0 saturated carbocycles. The minimum atomic E-state index is -1.15. The van der Waals surface area contributed by atoms with Crippen LogP contribution in [0.15, 0.2) is 66.7 Å². The van der Waals surface area contributed by atoms with E-state index < -0.39 is 30.1 Å². The fourth-order valence-corrected chi connectivity index (χ4v) is 3.01. The normalized spacial score (nSPS) is 12.8. The minimum absolute atomic E-state index is 0.0741. The lowest BCUT2D eigenvalue weighted by Crippen LogP contribution is -2.52. The zero-order chi connectivity index (χ0) is 23.3. The standard InChI is InChI=1S/C25H30N2O5/c1-18(2)16-22(27-25(31)32-17-20-12-7-4-8-13-20)23(28)26-21(24(29)30)15-9-14-19-10-5-3-6-11-19/h3-14,18,21-22H,15-17H2,1-2H3,(H,26,28)(H,27,31)(H,29,30)/b14-9+/t21-,22-/m0/s1. The van der Waals surface area contributed by atoms with Gasteiger partial charge in [-0.1, -0.05) is 86.7 Å². The number of carboxylic acid groups (broad SMARTS) is 1. The molecule has 0 aliphatic carbocycles. The van der Waals surface area contributed by atoms with Crippen molar-refractivity contribution in [3.05, 3.63) is 77.9 Å². The molecule has 0 bridgehead atoms. The molecule has 170 valence electrons. The molecule has 3 N–H and O–H groups in total. The van der Waals surface area contributed by atoms with Crippen LogP contribution in [0.3, 0.4) is 0 Å². The van der Waals surface area contributed by atoms with Crippen molar-refractivity contribution in [3.63, 3.8) is 0 Å². The van der Waals surface area contributed by atoms with Gasteiger partial charge in [-0.2, -0.15) is 0 Å². The van der Waals surface area contributed by atoms with Gasteiger partial charge in [0.25, 0.3) is 0 Å². The number of carbonyl (C=O) groups is 3. The van der Waals surface area contributed by atoms with Crippen molar-refractivity contribution in [2.75, 3.05) is 0 Å². The second kappa shape index (κ2) is 12.9. The van der Waals surface area contributed by atoms with E-state index >= 15 is 0 Å². The Morgan fingerprint density at radius 3 is 2.16 bits per heavy atom. The van der Waals surface area contributed by atoms with Crippen LogP contribution in [0.5, 0.6) is 0 Å². The van der Waals surface area contributed by atoms with Crippen LogP contribution in [0, 0.1) is 5.92 Å². The van der Waals surface area contributed by atoms with Gasteiger partial charge >= 0.3 is 12.1 Å². The molecular weight excluding hydrogens is 408 g/mol. The first-order valence-electron chi connectivity index (χ1n) is 10.6. The molecule has 0 spiro atoms. The van der Waals surface area contributed by atoms with Crippen molar-refractivity contribution < 1.29 is 24.2 Å². The number of amides is 2. The summed E-state index contributed by atoms with van der Waals surface area (Å²) < 4.78 is 5.20. The predicted molar refractivity (Wildman–Crippen MR) is 123 cm³/mol. The van der Waals surface area contributed by atoms with Crippen LogP contribution in [0.2, 0.25) is 0 Å². The van der Waals surface area contributed by atoms with Crippen molar-refractivity contribution in [2.24, 2.45) is 5.92 Å². The molecule has 2 rings (SSSR count). The number of benzene rings is 2. The number of hydrogen-bond acceptors (Lipinski definition) is 4. The zero-order valence-corrected chi connectivity index (χ0v) is 18.4. The topological polar surface area (TPSA) is 105 Å². The number of rotatable bonds is 11. The van der Waals surface area contributed by atoms with E-state index in [4.69, 9.17) is 4.74 Å². The number of nitrogens with one attached hydrogen (secondary N) is 2. The average molecular weight is 439 g/mol. The third-order valence-electron chi connectivity index (χ3n) is 4.62. The average Bonchev–Trinajstić information content (AvgIpc) is 2.77. The Morgan fingerprint density at radius 1 is 0.938 bits per heavy atom. The number of aliphatic carboxylic acids is 1. The summed E-state index contributed by atoms with van der Waals surface area (Å²) in [5.74, 6) is -1.61. The van der Waals surface area contributed by atoms with Crippen LogP contribution in [0.4, 0.5) is 4.79 Å². The third kappa shape index (κ3) is 9.04. The highest BCUT2D eigenvalue weighted by atomic mass is 16.5. The molecular formula is C25H30N2O5. The maximum absolute atomic E-state index is 12.8. The molecule has 2 atom stereocenters. The lowest BCUT2D eigenvalue weighted by molar-refractivity contribution is -0.142. The van der Waals surface area contributed by atoms with Gasteiger partial charge in [-0.05, 0) is 29.9 Å². The van der Waals surface area contributed by atoms with E-state index in [-0.39, 0.29) is 18.9 Å². The number of ether oxygens (including phenoxy) is 1. The van der Waals surface area contributed by atoms with Gasteiger partial charge < -0.3 is 20.5 Å². The number of carboxylic acids is 1. The van der Waals surface area contributed by atoms with Gasteiger partial charge in [0.2, 0.25) is 5.91 Å². The second-order valence-corrected chi connectivity index (χ2v) is 7.84. The summed E-state index contributed by atoms with van der Waals surface area (Å²) in [4.78, 5) is 36.6. The fraction of sp³-hybridized carbons (Fsp3) is 0.320. The van der Waals surface area contributed by atoms with Crippen molar-refractivity contribution in [1.82, 2.24) is 10.6 Å². The fourth-order valence-electron chi connectivity index (χ4n) is 3.01. The number of carbonyl (C=O) groups excluding carboxylic acids is 2. The largest absolute Gasteiger partial charge is 0.480 e. The maximum Gasteiger partial charge on any atom is 0.408 e. The van der Waals surface area contributed by atoms with E-state index in [1.165, 1.54) is 0 Å². The molecule has 0 heterocycles. The van der Waals surface area contributed by atoms with Gasteiger partial charge in [-0.3, -0.25) is 4.79 Å². The Labute approximate surface area is 188 Å². The summed E-state index contributed by atoms with van der Waals surface area (Å²) in [5, 5.41) is 14.6. The molecule has 2 amide bonds. The van der Waals surface area contributed by atoms with Crippen molar-refractivity contribution in [2.45, 2.75) is 45.4 Å². The van der Waals surface area contributed by atoms with Gasteiger partial charge in [0.15, 0.2) is 0 Å². The minimum Gasteiger partial charge on any atom is -0.480 e. The first-order valence-corrected chi connectivity index (χ1v) is 10.6. The molecule has 0 unspecified atom stereocenters. The smallest absolute Gasteiger partial charge is 0.408 e. The van der Waals surface area contributed by atoms with Crippen LogP contribution in [0.1, 0.15) is 37.8 Å². The summed E-state index contributed by atoms with van der Waals surface area (Å²) in [6, 6.07) is 16.6. The summed E-state index contributed by atoms with van der Waals surface area (Å²) in [6.07, 6.45) is 3.23. The van der Waals surface area contributed by atoms with Crippen LogP contribution in [-0.2, 0) is 20.9 Å². The third-order valence-corrected chi connectivity index (χ3v) is 4.62. The van der Waals surface area contributed by atoms with Crippen molar-refractivity contribution in [3.8, 4) is 0 Å². The molecule has 2 aromatic rings. The molecule has 32 heavy (non-hydrogen) atoms. The molecule has 0 fully saturated rings. The molecule has 7 heteroatoms. The number of alkyl carbamates (subject to hydrolysis) is 1. The lowest BCUT2D eigenvalue weighted by Gasteiger charge is -2.22. The first-order chi connectivity index (χ1) is 15.3. The van der Waals surface area contributed by atoms with Gasteiger partial charge in [-0.25, -0.2) is 9.59 Å². The highest BCUT2D eigenvalue weighted by Gasteiger charge is 2.27. The molecule has 0 aliphatic rings. The van der Waals surface area contributed by atoms with Crippen molar-refractivity contribution >= 4 is 24.0 Å². The van der Waals surface area contributed by atoms with Crippen LogP contribution in [0.25, 0.3) is 6.08 Å². The van der Waals surface area contributed by atoms with Gasteiger partial charge in [-0.15, -0.1) is 0 Å². The van der Waals surface area contributed by atoms with Gasteiger partial charge in [0, 0.05) is 0 Å². The second-order valence-electron chi connectivity index (χ2n) is 7.84. The summed E-state index contributed by atoms with van der Waals surface area (Å²) >= 11 is 0. The first kappa shape index (κ1) is 24.7. The monoisotopic (exact) mass is 438 g/mol. The van der Waals surface area contributed by atoms with E-state index in [1.54, 1.807) is 12.2 Å². The van der Waals surface area contributed by atoms with Crippen LogP contribution in [-0.4, -0.2) is 35.2 Å². The van der Waals surface area contributed by atoms with Crippen LogP contribution >= 0.6 is 0 Å². The van der Waals surface area contributed by atoms with E-state index in [1.807, 2.05) is 74.5 Å². The summed E-state index contributed by atoms with van der Waals surface area (Å²) in [7, 11) is 0. The van der Waals surface area contributed by atoms with Crippen molar-refractivity contribution in [1.29, 1.82) is 0 Å². The molecule has 0 radical (unpaired) electrons. The quantitative estimate of drug-likeness (QED) is 0.492. The Bertz CT molecular complexity index is 897.